The number of nitrogens with one attached hydrogen (secondary N) is 2. The van der Waals surface area contributed by atoms with E-state index in [4.69, 9.17) is 14.2 Å². The topological polar surface area (TPSA) is 64.1 Å². The first-order chi connectivity index (χ1) is 13.3. The van der Waals surface area contributed by atoms with Crippen molar-refractivity contribution < 1.29 is 14.2 Å². The van der Waals surface area contributed by atoms with Crippen LogP contribution in [0.5, 0.6) is 11.5 Å². The number of fused-ring (bicyclic) bond motifs is 2. The number of guanidine groups is 1. The van der Waals surface area contributed by atoms with Crippen molar-refractivity contribution in [3.63, 3.8) is 0 Å². The Hall–Kier alpha value is -1.22. The van der Waals surface area contributed by atoms with Crippen LogP contribution in [0, 0.1) is 0 Å². The lowest BCUT2D eigenvalue weighted by Crippen LogP contribution is -2.47. The van der Waals surface area contributed by atoms with Gasteiger partial charge in [0.25, 0.3) is 0 Å². The van der Waals surface area contributed by atoms with Crippen molar-refractivity contribution in [1.82, 2.24) is 10.6 Å². The highest BCUT2D eigenvalue weighted by atomic mass is 127. The Morgan fingerprint density at radius 2 is 2.04 bits per heavy atom. The van der Waals surface area contributed by atoms with Gasteiger partial charge >= 0.3 is 0 Å². The molecule has 3 aliphatic rings. The number of ether oxygens (including phenoxy) is 3. The molecule has 7 heteroatoms. The van der Waals surface area contributed by atoms with Gasteiger partial charge in [0.1, 0.15) is 0 Å². The zero-order valence-corrected chi connectivity index (χ0v) is 19.1. The highest BCUT2D eigenvalue weighted by Gasteiger charge is 2.41. The van der Waals surface area contributed by atoms with Crippen LogP contribution in [-0.4, -0.2) is 44.5 Å². The highest BCUT2D eigenvalue weighted by Crippen LogP contribution is 2.35. The maximum absolute atomic E-state index is 6.32. The molecule has 3 unspecified atom stereocenters. The number of hydrogen-bond acceptors (Lipinski definition) is 4. The van der Waals surface area contributed by atoms with Crippen LogP contribution in [0.2, 0.25) is 0 Å². The molecule has 2 N–H and O–H groups in total. The van der Waals surface area contributed by atoms with Gasteiger partial charge in [-0.3, -0.25) is 4.99 Å². The fourth-order valence-electron chi connectivity index (χ4n) is 4.51. The van der Waals surface area contributed by atoms with E-state index in [1.165, 1.54) is 19.3 Å². The summed E-state index contributed by atoms with van der Waals surface area (Å²) in [5, 5.41) is 6.97. The van der Waals surface area contributed by atoms with Crippen LogP contribution in [0.1, 0.15) is 50.5 Å². The lowest BCUT2D eigenvalue weighted by Gasteiger charge is -2.23. The van der Waals surface area contributed by atoms with Gasteiger partial charge in [-0.1, -0.05) is 12.1 Å². The van der Waals surface area contributed by atoms with Gasteiger partial charge in [-0.05, 0) is 51.0 Å². The Morgan fingerprint density at radius 1 is 1.21 bits per heavy atom. The monoisotopic (exact) mass is 501 g/mol. The van der Waals surface area contributed by atoms with Crippen molar-refractivity contribution in [2.24, 2.45) is 4.99 Å². The van der Waals surface area contributed by atoms with E-state index in [1.807, 2.05) is 19.2 Å². The first-order valence-corrected chi connectivity index (χ1v) is 10.2. The maximum Gasteiger partial charge on any atom is 0.191 e. The lowest BCUT2D eigenvalue weighted by atomic mass is 9.96. The van der Waals surface area contributed by atoms with E-state index in [0.29, 0.717) is 30.9 Å². The zero-order valence-electron chi connectivity index (χ0n) is 16.8. The Morgan fingerprint density at radius 3 is 2.68 bits per heavy atom. The van der Waals surface area contributed by atoms with Gasteiger partial charge in [-0.25, -0.2) is 0 Å². The summed E-state index contributed by atoms with van der Waals surface area (Å²) < 4.78 is 17.8. The molecule has 1 aliphatic carbocycles. The van der Waals surface area contributed by atoms with Gasteiger partial charge in [0.2, 0.25) is 0 Å². The average molecular weight is 501 g/mol. The van der Waals surface area contributed by atoms with Crippen LogP contribution < -0.4 is 20.1 Å². The molecule has 0 spiro atoms. The molecule has 156 valence electrons. The third kappa shape index (κ3) is 4.84. The molecule has 0 amide bonds. The molecule has 3 fully saturated rings. The molecule has 0 radical (unpaired) electrons. The second kappa shape index (κ2) is 10.0. The second-order valence-corrected chi connectivity index (χ2v) is 7.76. The Kier molecular flexibility index (Phi) is 7.68. The predicted octanol–water partition coefficient (Wildman–Crippen LogP) is 3.62. The summed E-state index contributed by atoms with van der Waals surface area (Å²) in [5.41, 5.74) is 1.09. The third-order valence-corrected chi connectivity index (χ3v) is 5.97. The molecule has 1 aromatic carbocycles. The standard InChI is InChI=1S/C21H31N3O3.HI/c1-22-21(24-17-12-16-10-11-18(17)26-16)23-13-14-6-5-9-19(25-2)20(14)27-15-7-3-4-8-15;/h5-6,9,15-18H,3-4,7-8,10-13H2,1-2H3,(H2,22,23,24);1H. The van der Waals surface area contributed by atoms with E-state index in [1.54, 1.807) is 7.11 Å². The van der Waals surface area contributed by atoms with Crippen molar-refractivity contribution >= 4 is 29.9 Å². The summed E-state index contributed by atoms with van der Waals surface area (Å²) in [6.45, 7) is 0.639. The second-order valence-electron chi connectivity index (χ2n) is 7.76. The fourth-order valence-corrected chi connectivity index (χ4v) is 4.51. The minimum atomic E-state index is 0. The van der Waals surface area contributed by atoms with Crippen LogP contribution >= 0.6 is 24.0 Å². The van der Waals surface area contributed by atoms with Crippen LogP contribution in [-0.2, 0) is 11.3 Å². The number of methoxy groups -OCH3 is 1. The number of nitrogens with zero attached hydrogens (tertiary/aromatic N) is 1. The Labute approximate surface area is 184 Å². The Balaban J connectivity index is 0.00000225. The van der Waals surface area contributed by atoms with Gasteiger partial charge in [0, 0.05) is 19.2 Å². The smallest absolute Gasteiger partial charge is 0.191 e. The molecule has 2 heterocycles. The number of halogens is 1. The SMILES string of the molecule is CN=C(NCc1cccc(OC)c1OC1CCCC1)NC1CC2CCC1O2.I. The average Bonchev–Trinajstić information content (AvgIpc) is 3.44. The third-order valence-electron chi connectivity index (χ3n) is 5.97. The van der Waals surface area contributed by atoms with Crippen molar-refractivity contribution in [2.75, 3.05) is 14.2 Å². The molecule has 2 saturated heterocycles. The van der Waals surface area contributed by atoms with Gasteiger partial charge in [-0.2, -0.15) is 0 Å². The van der Waals surface area contributed by atoms with Gasteiger partial charge in [0.15, 0.2) is 17.5 Å². The minimum Gasteiger partial charge on any atom is -0.493 e. The van der Waals surface area contributed by atoms with E-state index < -0.39 is 0 Å². The molecular weight excluding hydrogens is 469 g/mol. The maximum atomic E-state index is 6.32. The quantitative estimate of drug-likeness (QED) is 0.354. The summed E-state index contributed by atoms with van der Waals surface area (Å²) in [6.07, 6.45) is 9.20. The minimum absolute atomic E-state index is 0. The summed E-state index contributed by atoms with van der Waals surface area (Å²) in [7, 11) is 3.51. The number of hydrogen-bond donors (Lipinski definition) is 2. The molecule has 6 nitrogen and oxygen atoms in total. The Bertz CT molecular complexity index is 679. The first-order valence-electron chi connectivity index (χ1n) is 10.2. The molecule has 1 saturated carbocycles. The van der Waals surface area contributed by atoms with Gasteiger partial charge < -0.3 is 24.8 Å². The molecule has 2 bridgehead atoms. The lowest BCUT2D eigenvalue weighted by molar-refractivity contribution is 0.0992. The van der Waals surface area contributed by atoms with Crippen LogP contribution in [0.4, 0.5) is 0 Å². The van der Waals surface area contributed by atoms with Crippen molar-refractivity contribution in [1.29, 1.82) is 0 Å². The van der Waals surface area contributed by atoms with Crippen molar-refractivity contribution in [3.05, 3.63) is 23.8 Å². The van der Waals surface area contributed by atoms with Gasteiger partial charge in [-0.15, -0.1) is 24.0 Å². The fraction of sp³-hybridized carbons (Fsp3) is 0.667. The predicted molar refractivity (Wildman–Crippen MR) is 121 cm³/mol. The number of aliphatic imine (C=N–C) groups is 1. The highest BCUT2D eigenvalue weighted by molar-refractivity contribution is 14.0. The summed E-state index contributed by atoms with van der Waals surface area (Å²) >= 11 is 0. The molecular formula is C21H32IN3O3. The summed E-state index contributed by atoms with van der Waals surface area (Å²) in [5.74, 6) is 2.47. The normalized spacial score (nSPS) is 26.8. The van der Waals surface area contributed by atoms with E-state index in [-0.39, 0.29) is 24.0 Å². The van der Waals surface area contributed by atoms with Crippen LogP contribution in [0.25, 0.3) is 0 Å². The molecule has 3 atom stereocenters. The largest absolute Gasteiger partial charge is 0.493 e. The number of rotatable bonds is 6. The molecule has 1 aromatic rings. The van der Waals surface area contributed by atoms with E-state index in [9.17, 15) is 0 Å². The molecule has 0 aromatic heterocycles. The first kappa shape index (κ1) is 21.5. The van der Waals surface area contributed by atoms with Crippen LogP contribution in [0.15, 0.2) is 23.2 Å². The summed E-state index contributed by atoms with van der Waals surface area (Å²) in [4.78, 5) is 4.39. The number of benzene rings is 1. The van der Waals surface area contributed by atoms with E-state index in [0.717, 1.165) is 48.7 Å². The molecule has 4 rings (SSSR count). The zero-order chi connectivity index (χ0) is 18.6. The van der Waals surface area contributed by atoms with E-state index in [2.05, 4.69) is 21.7 Å². The number of para-hydroxylation sites is 1. The summed E-state index contributed by atoms with van der Waals surface area (Å²) in [6, 6.07) is 6.42. The van der Waals surface area contributed by atoms with Gasteiger partial charge in [0.05, 0.1) is 31.5 Å². The molecule has 2 aliphatic heterocycles. The van der Waals surface area contributed by atoms with E-state index >= 15 is 0 Å². The van der Waals surface area contributed by atoms with Crippen LogP contribution in [0.3, 0.4) is 0 Å². The van der Waals surface area contributed by atoms with Crippen molar-refractivity contribution in [3.8, 4) is 11.5 Å². The van der Waals surface area contributed by atoms with Crippen molar-refractivity contribution in [2.45, 2.75) is 75.8 Å². The molecule has 28 heavy (non-hydrogen) atoms.